The van der Waals surface area contributed by atoms with E-state index >= 15 is 0 Å². The molecule has 0 N–H and O–H groups in total. The third kappa shape index (κ3) is 2.41. The molecular weight excluding hydrogens is 316 g/mol. The number of halogens is 1. The number of aryl methyl sites for hydroxylation is 1. The summed E-state index contributed by atoms with van der Waals surface area (Å²) in [5.41, 5.74) is 0.957. The van der Waals surface area contributed by atoms with Gasteiger partial charge in [-0.15, -0.1) is 0 Å². The summed E-state index contributed by atoms with van der Waals surface area (Å²) in [7, 11) is 0. The quantitative estimate of drug-likeness (QED) is 0.773. The summed E-state index contributed by atoms with van der Waals surface area (Å²) in [6.07, 6.45) is 7.59. The minimum Gasteiger partial charge on any atom is -0.489 e. The van der Waals surface area contributed by atoms with Gasteiger partial charge >= 0.3 is 0 Å². The van der Waals surface area contributed by atoms with Gasteiger partial charge < -0.3 is 4.74 Å². The van der Waals surface area contributed by atoms with Crippen molar-refractivity contribution in [1.82, 2.24) is 0 Å². The Labute approximate surface area is 129 Å². The summed E-state index contributed by atoms with van der Waals surface area (Å²) in [4.78, 5) is 12.2. The second kappa shape index (κ2) is 5.51. The molecule has 1 unspecified atom stereocenters. The average molecular weight is 337 g/mol. The lowest BCUT2D eigenvalue weighted by Gasteiger charge is -2.47. The standard InChI is InChI=1S/C17H21BrO2/c1-12-10-13(18)6-7-14(12)20-16-11-15(19)17(16)8-4-2-3-5-9-17/h6-7,10,16H,2-5,8-9,11H2,1H3. The molecule has 0 radical (unpaired) electrons. The van der Waals surface area contributed by atoms with E-state index in [9.17, 15) is 4.79 Å². The van der Waals surface area contributed by atoms with E-state index in [1.165, 1.54) is 25.7 Å². The van der Waals surface area contributed by atoms with Gasteiger partial charge in [0.25, 0.3) is 0 Å². The maximum Gasteiger partial charge on any atom is 0.146 e. The number of carbonyl (C=O) groups is 1. The molecule has 2 aliphatic carbocycles. The second-order valence-corrected chi connectivity index (χ2v) is 7.13. The number of ether oxygens (including phenoxy) is 1. The van der Waals surface area contributed by atoms with Crippen molar-refractivity contribution in [3.8, 4) is 5.75 Å². The predicted octanol–water partition coefficient (Wildman–Crippen LogP) is 4.82. The van der Waals surface area contributed by atoms with E-state index in [-0.39, 0.29) is 11.5 Å². The van der Waals surface area contributed by atoms with Crippen LogP contribution < -0.4 is 4.74 Å². The summed E-state index contributed by atoms with van der Waals surface area (Å²) in [5.74, 6) is 1.36. The summed E-state index contributed by atoms with van der Waals surface area (Å²) in [5, 5.41) is 0. The van der Waals surface area contributed by atoms with Crippen molar-refractivity contribution in [2.75, 3.05) is 0 Å². The van der Waals surface area contributed by atoms with Crippen LogP contribution in [-0.2, 0) is 4.79 Å². The number of Topliss-reactive ketones (excluding diaryl/α,β-unsaturated/α-hetero) is 1. The lowest BCUT2D eigenvalue weighted by atomic mass is 9.60. The molecule has 0 bridgehead atoms. The average Bonchev–Trinajstić information content (AvgIpc) is 2.69. The largest absolute Gasteiger partial charge is 0.489 e. The van der Waals surface area contributed by atoms with Gasteiger partial charge in [0.1, 0.15) is 17.6 Å². The van der Waals surface area contributed by atoms with E-state index in [2.05, 4.69) is 28.9 Å². The van der Waals surface area contributed by atoms with E-state index in [1.807, 2.05) is 12.1 Å². The van der Waals surface area contributed by atoms with E-state index in [1.54, 1.807) is 0 Å². The fourth-order valence-electron chi connectivity index (χ4n) is 3.63. The minimum atomic E-state index is -0.171. The van der Waals surface area contributed by atoms with Gasteiger partial charge in [-0.05, 0) is 43.5 Å². The lowest BCUT2D eigenvalue weighted by molar-refractivity contribution is -0.154. The first-order valence-electron chi connectivity index (χ1n) is 7.58. The molecule has 1 atom stereocenters. The zero-order valence-corrected chi connectivity index (χ0v) is 13.5. The number of hydrogen-bond donors (Lipinski definition) is 0. The fraction of sp³-hybridized carbons (Fsp3) is 0.588. The molecule has 0 aromatic heterocycles. The van der Waals surface area contributed by atoms with Gasteiger partial charge in [0.05, 0.1) is 5.41 Å². The number of rotatable bonds is 2. The summed E-state index contributed by atoms with van der Waals surface area (Å²) < 4.78 is 7.28. The van der Waals surface area contributed by atoms with Crippen molar-refractivity contribution >= 4 is 21.7 Å². The van der Waals surface area contributed by atoms with Crippen LogP contribution in [0.5, 0.6) is 5.75 Å². The van der Waals surface area contributed by atoms with Crippen LogP contribution in [0.25, 0.3) is 0 Å². The Morgan fingerprint density at radius 2 is 1.90 bits per heavy atom. The highest BCUT2D eigenvalue weighted by molar-refractivity contribution is 9.10. The van der Waals surface area contributed by atoms with Crippen molar-refractivity contribution in [3.05, 3.63) is 28.2 Å². The molecule has 2 aliphatic rings. The number of carbonyl (C=O) groups excluding carboxylic acids is 1. The molecule has 20 heavy (non-hydrogen) atoms. The first-order valence-corrected chi connectivity index (χ1v) is 8.37. The van der Waals surface area contributed by atoms with Crippen LogP contribution in [0.2, 0.25) is 0 Å². The van der Waals surface area contributed by atoms with Gasteiger partial charge in [-0.2, -0.15) is 0 Å². The monoisotopic (exact) mass is 336 g/mol. The Balaban J connectivity index is 1.78. The van der Waals surface area contributed by atoms with Crippen LogP contribution in [0.1, 0.15) is 50.5 Å². The smallest absolute Gasteiger partial charge is 0.146 e. The highest BCUT2D eigenvalue weighted by Crippen LogP contribution is 2.49. The number of hydrogen-bond acceptors (Lipinski definition) is 2. The van der Waals surface area contributed by atoms with E-state index in [0.29, 0.717) is 12.2 Å². The molecule has 0 aliphatic heterocycles. The first-order chi connectivity index (χ1) is 9.62. The first kappa shape index (κ1) is 14.1. The zero-order valence-electron chi connectivity index (χ0n) is 12.0. The van der Waals surface area contributed by atoms with Crippen LogP contribution in [0, 0.1) is 12.3 Å². The van der Waals surface area contributed by atoms with Crippen molar-refractivity contribution < 1.29 is 9.53 Å². The molecule has 3 heteroatoms. The molecule has 2 saturated carbocycles. The number of benzene rings is 1. The molecule has 1 aromatic rings. The molecule has 1 spiro atoms. The Morgan fingerprint density at radius 1 is 1.20 bits per heavy atom. The van der Waals surface area contributed by atoms with Crippen molar-refractivity contribution in [3.63, 3.8) is 0 Å². The fourth-order valence-corrected chi connectivity index (χ4v) is 4.10. The maximum atomic E-state index is 12.2. The predicted molar refractivity (Wildman–Crippen MR) is 83.1 cm³/mol. The Hall–Kier alpha value is -0.830. The summed E-state index contributed by atoms with van der Waals surface area (Å²) >= 11 is 3.47. The molecule has 2 nitrogen and oxygen atoms in total. The highest BCUT2D eigenvalue weighted by atomic mass is 79.9. The van der Waals surface area contributed by atoms with Gasteiger partial charge in [0, 0.05) is 10.9 Å². The van der Waals surface area contributed by atoms with Crippen LogP contribution in [0.4, 0.5) is 0 Å². The highest BCUT2D eigenvalue weighted by Gasteiger charge is 2.55. The topological polar surface area (TPSA) is 26.3 Å². The summed E-state index contributed by atoms with van der Waals surface area (Å²) in [6.45, 7) is 2.06. The van der Waals surface area contributed by atoms with Crippen molar-refractivity contribution in [2.45, 2.75) is 58.0 Å². The van der Waals surface area contributed by atoms with Gasteiger partial charge in [0.15, 0.2) is 0 Å². The Morgan fingerprint density at radius 3 is 2.50 bits per heavy atom. The van der Waals surface area contributed by atoms with E-state index in [4.69, 9.17) is 4.74 Å². The van der Waals surface area contributed by atoms with E-state index in [0.717, 1.165) is 28.6 Å². The van der Waals surface area contributed by atoms with Crippen LogP contribution in [-0.4, -0.2) is 11.9 Å². The second-order valence-electron chi connectivity index (χ2n) is 6.21. The Bertz CT molecular complexity index is 516. The van der Waals surface area contributed by atoms with Crippen molar-refractivity contribution in [2.24, 2.45) is 5.41 Å². The molecule has 0 amide bonds. The van der Waals surface area contributed by atoms with Crippen LogP contribution in [0.3, 0.4) is 0 Å². The van der Waals surface area contributed by atoms with Gasteiger partial charge in [-0.3, -0.25) is 4.79 Å². The maximum absolute atomic E-state index is 12.2. The molecule has 0 heterocycles. The third-order valence-electron chi connectivity index (χ3n) is 4.94. The minimum absolute atomic E-state index is 0.0907. The van der Waals surface area contributed by atoms with Gasteiger partial charge in [-0.1, -0.05) is 41.6 Å². The lowest BCUT2D eigenvalue weighted by Crippen LogP contribution is -2.56. The molecule has 3 rings (SSSR count). The molecule has 0 saturated heterocycles. The zero-order chi connectivity index (χ0) is 14.2. The normalized spacial score (nSPS) is 25.1. The van der Waals surface area contributed by atoms with Gasteiger partial charge in [-0.25, -0.2) is 0 Å². The van der Waals surface area contributed by atoms with Gasteiger partial charge in [0.2, 0.25) is 0 Å². The third-order valence-corrected chi connectivity index (χ3v) is 5.44. The van der Waals surface area contributed by atoms with Crippen LogP contribution >= 0.6 is 15.9 Å². The molecule has 108 valence electrons. The summed E-state index contributed by atoms with van der Waals surface area (Å²) in [6, 6.07) is 6.07. The van der Waals surface area contributed by atoms with E-state index < -0.39 is 0 Å². The molecule has 1 aromatic carbocycles. The van der Waals surface area contributed by atoms with Crippen molar-refractivity contribution in [1.29, 1.82) is 0 Å². The molecule has 2 fully saturated rings. The van der Waals surface area contributed by atoms with Crippen LogP contribution in [0.15, 0.2) is 22.7 Å². The Kier molecular flexibility index (Phi) is 3.89. The molecular formula is C17H21BrO2. The SMILES string of the molecule is Cc1cc(Br)ccc1OC1CC(=O)C12CCCCCC2. The number of ketones is 1.